The molecule has 2 N–H and O–H groups in total. The third-order valence-corrected chi connectivity index (χ3v) is 3.80. The van der Waals surface area contributed by atoms with E-state index in [1.807, 2.05) is 0 Å². The Morgan fingerprint density at radius 1 is 1.50 bits per heavy atom. The van der Waals surface area contributed by atoms with E-state index in [1.54, 1.807) is 6.07 Å². The summed E-state index contributed by atoms with van der Waals surface area (Å²) in [6, 6.07) is 5.61. The number of aliphatic hydroxyl groups is 1. The molecule has 1 aliphatic rings. The van der Waals surface area contributed by atoms with E-state index in [4.69, 9.17) is 0 Å². The molecule has 1 aromatic heterocycles. The van der Waals surface area contributed by atoms with E-state index in [0.29, 0.717) is 5.56 Å². The monoisotopic (exact) mass is 295 g/mol. The first-order valence-electron chi connectivity index (χ1n) is 5.82. The maximum Gasteiger partial charge on any atom is 0.291 e. The van der Waals surface area contributed by atoms with Gasteiger partial charge in [0.25, 0.3) is 11.5 Å². The van der Waals surface area contributed by atoms with Crippen LogP contribution < -0.4 is 5.56 Å². The highest BCUT2D eigenvalue weighted by Gasteiger charge is 2.46. The number of benzene rings is 1. The largest absolute Gasteiger partial charge is 0.381 e. The van der Waals surface area contributed by atoms with E-state index in [0.717, 1.165) is 11.7 Å². The van der Waals surface area contributed by atoms with Gasteiger partial charge in [-0.25, -0.2) is 4.39 Å². The normalized spacial score (nSPS) is 16.8. The van der Waals surface area contributed by atoms with Crippen LogP contribution >= 0.6 is 11.7 Å². The molecule has 1 aromatic carbocycles. The Morgan fingerprint density at radius 3 is 2.85 bits per heavy atom. The zero-order valence-corrected chi connectivity index (χ0v) is 11.0. The fourth-order valence-corrected chi connectivity index (χ4v) is 2.65. The average molecular weight is 295 g/mol. The third-order valence-electron chi connectivity index (χ3n) is 3.25. The van der Waals surface area contributed by atoms with Gasteiger partial charge in [-0.2, -0.15) is 4.37 Å². The molecule has 1 aliphatic heterocycles. The standard InChI is InChI=1S/C12H10FN3O3S/c13-8-3-1-2-7(4-8)12(19)5-16(6-12)11(18)9-10(17)15-20-14-9/h1-4,19H,5-6H2,(H,15,17). The van der Waals surface area contributed by atoms with E-state index < -0.39 is 22.9 Å². The van der Waals surface area contributed by atoms with Gasteiger partial charge in [-0.3, -0.25) is 14.0 Å². The van der Waals surface area contributed by atoms with Crippen LogP contribution in [0, 0.1) is 5.82 Å². The number of rotatable bonds is 2. The first kappa shape index (κ1) is 12.9. The van der Waals surface area contributed by atoms with Crippen molar-refractivity contribution in [2.75, 3.05) is 13.1 Å². The van der Waals surface area contributed by atoms with Crippen LogP contribution in [0.3, 0.4) is 0 Å². The van der Waals surface area contributed by atoms with Crippen LogP contribution in [0.15, 0.2) is 29.1 Å². The highest BCUT2D eigenvalue weighted by Crippen LogP contribution is 2.32. The van der Waals surface area contributed by atoms with Gasteiger partial charge in [0.2, 0.25) is 5.69 Å². The number of β-amino-alcohol motifs (C(OH)–C–C–N with tert-alkyl or cyclic N) is 1. The summed E-state index contributed by atoms with van der Waals surface area (Å²) in [5.74, 6) is -0.981. The maximum atomic E-state index is 13.1. The summed E-state index contributed by atoms with van der Waals surface area (Å²) in [6.07, 6.45) is 0. The lowest BCUT2D eigenvalue weighted by Gasteiger charge is -2.46. The Hall–Kier alpha value is -2.06. The second kappa shape index (κ2) is 4.50. The fraction of sp³-hybridized carbons (Fsp3) is 0.250. The summed E-state index contributed by atoms with van der Waals surface area (Å²) in [5.41, 5.74) is -1.59. The van der Waals surface area contributed by atoms with E-state index >= 15 is 0 Å². The van der Waals surface area contributed by atoms with Crippen molar-refractivity contribution >= 4 is 17.6 Å². The highest BCUT2D eigenvalue weighted by atomic mass is 32.1. The molecule has 8 heteroatoms. The van der Waals surface area contributed by atoms with Crippen LogP contribution in [0.2, 0.25) is 0 Å². The first-order chi connectivity index (χ1) is 9.49. The zero-order valence-electron chi connectivity index (χ0n) is 10.2. The lowest BCUT2D eigenvalue weighted by atomic mass is 9.86. The molecule has 0 saturated carbocycles. The summed E-state index contributed by atoms with van der Waals surface area (Å²) in [4.78, 5) is 24.6. The molecule has 0 radical (unpaired) electrons. The van der Waals surface area contributed by atoms with Crippen molar-refractivity contribution in [1.82, 2.24) is 13.6 Å². The maximum absolute atomic E-state index is 13.1. The molecule has 6 nitrogen and oxygen atoms in total. The smallest absolute Gasteiger partial charge is 0.291 e. The second-order valence-corrected chi connectivity index (χ2v) is 5.23. The van der Waals surface area contributed by atoms with Crippen LogP contribution in [0.25, 0.3) is 0 Å². The molecule has 0 atom stereocenters. The van der Waals surface area contributed by atoms with Crippen molar-refractivity contribution < 1.29 is 14.3 Å². The Bertz CT molecular complexity index is 720. The van der Waals surface area contributed by atoms with E-state index in [1.165, 1.54) is 23.1 Å². The van der Waals surface area contributed by atoms with Crippen molar-refractivity contribution in [1.29, 1.82) is 0 Å². The van der Waals surface area contributed by atoms with E-state index in [-0.39, 0.29) is 18.8 Å². The van der Waals surface area contributed by atoms with Gasteiger partial charge < -0.3 is 10.0 Å². The Labute approximate surface area is 116 Å². The number of H-pyrrole nitrogens is 1. The molecular weight excluding hydrogens is 285 g/mol. The number of nitrogens with zero attached hydrogens (tertiary/aromatic N) is 2. The molecule has 1 fully saturated rings. The highest BCUT2D eigenvalue weighted by molar-refractivity contribution is 6.99. The molecule has 1 amide bonds. The van der Waals surface area contributed by atoms with Crippen LogP contribution in [0.5, 0.6) is 0 Å². The third kappa shape index (κ3) is 2.02. The molecule has 2 heterocycles. The van der Waals surface area contributed by atoms with Gasteiger partial charge in [-0.15, -0.1) is 0 Å². The van der Waals surface area contributed by atoms with Crippen molar-refractivity contribution in [3.8, 4) is 0 Å². The minimum Gasteiger partial charge on any atom is -0.381 e. The van der Waals surface area contributed by atoms with E-state index in [2.05, 4.69) is 8.75 Å². The van der Waals surface area contributed by atoms with Crippen molar-refractivity contribution in [2.45, 2.75) is 5.60 Å². The van der Waals surface area contributed by atoms with Gasteiger partial charge in [-0.05, 0) is 17.7 Å². The summed E-state index contributed by atoms with van der Waals surface area (Å²) in [7, 11) is 0. The molecular formula is C12H10FN3O3S. The molecule has 104 valence electrons. The predicted octanol–water partition coefficient (Wildman–Crippen LogP) is 0.314. The molecule has 0 bridgehead atoms. The number of hydrogen-bond donors (Lipinski definition) is 2. The topological polar surface area (TPSA) is 86.3 Å². The number of halogens is 1. The fourth-order valence-electron chi connectivity index (χ4n) is 2.17. The molecule has 0 spiro atoms. The SMILES string of the molecule is O=C(c1ns[nH]c1=O)N1CC(O)(c2cccc(F)c2)C1. The number of carbonyl (C=O) groups is 1. The minimum absolute atomic E-state index is 0.00620. The van der Waals surface area contributed by atoms with E-state index in [9.17, 15) is 19.1 Å². The summed E-state index contributed by atoms with van der Waals surface area (Å²) < 4.78 is 19.2. The molecule has 2 aromatic rings. The second-order valence-electron chi connectivity index (χ2n) is 4.67. The summed E-state index contributed by atoms with van der Waals surface area (Å²) >= 11 is 0.798. The van der Waals surface area contributed by atoms with Gasteiger partial charge in [0.05, 0.1) is 13.1 Å². The van der Waals surface area contributed by atoms with Crippen LogP contribution in [-0.2, 0) is 5.60 Å². The number of nitrogens with one attached hydrogen (secondary N) is 1. The van der Waals surface area contributed by atoms with Gasteiger partial charge >= 0.3 is 0 Å². The Kier molecular flexibility index (Phi) is 2.91. The summed E-state index contributed by atoms with van der Waals surface area (Å²) in [6.45, 7) is 0.0124. The molecule has 3 rings (SSSR count). The van der Waals surface area contributed by atoms with Crippen LogP contribution in [0.4, 0.5) is 4.39 Å². The number of likely N-dealkylation sites (tertiary alicyclic amines) is 1. The lowest BCUT2D eigenvalue weighted by Crippen LogP contribution is -2.61. The van der Waals surface area contributed by atoms with Crippen molar-refractivity contribution in [3.05, 3.63) is 51.7 Å². The van der Waals surface area contributed by atoms with Crippen LogP contribution in [-0.4, -0.2) is 37.8 Å². The number of amides is 1. The Morgan fingerprint density at radius 2 is 2.25 bits per heavy atom. The van der Waals surface area contributed by atoms with Crippen molar-refractivity contribution in [2.24, 2.45) is 0 Å². The minimum atomic E-state index is -1.28. The zero-order chi connectivity index (χ0) is 14.3. The molecule has 0 aliphatic carbocycles. The number of hydrogen-bond acceptors (Lipinski definition) is 5. The quantitative estimate of drug-likeness (QED) is 0.835. The molecule has 0 unspecified atom stereocenters. The molecule has 20 heavy (non-hydrogen) atoms. The van der Waals surface area contributed by atoms with Gasteiger partial charge in [-0.1, -0.05) is 12.1 Å². The molecule has 1 saturated heterocycles. The number of aromatic nitrogens is 2. The Balaban J connectivity index is 1.77. The van der Waals surface area contributed by atoms with Gasteiger partial charge in [0.1, 0.15) is 11.4 Å². The van der Waals surface area contributed by atoms with Crippen LogP contribution in [0.1, 0.15) is 16.1 Å². The average Bonchev–Trinajstić information content (AvgIpc) is 2.80. The van der Waals surface area contributed by atoms with Gasteiger partial charge in [0.15, 0.2) is 0 Å². The lowest BCUT2D eigenvalue weighted by molar-refractivity contribution is -0.0866. The number of aromatic amines is 1. The van der Waals surface area contributed by atoms with Crippen molar-refractivity contribution in [3.63, 3.8) is 0 Å². The van der Waals surface area contributed by atoms with Gasteiger partial charge in [0, 0.05) is 11.7 Å². The number of carbonyl (C=O) groups excluding carboxylic acids is 1. The summed E-state index contributed by atoms with van der Waals surface area (Å²) in [5, 5.41) is 10.3. The predicted molar refractivity (Wildman–Crippen MR) is 68.9 cm³/mol. The first-order valence-corrected chi connectivity index (χ1v) is 6.59.